The van der Waals surface area contributed by atoms with E-state index >= 15 is 0 Å². The topological polar surface area (TPSA) is 214 Å². The molecule has 0 unspecified atom stereocenters. The van der Waals surface area contributed by atoms with Crippen molar-refractivity contribution < 1.29 is 72.5 Å². The van der Waals surface area contributed by atoms with Crippen molar-refractivity contribution in [2.24, 2.45) is 35.5 Å². The van der Waals surface area contributed by atoms with Crippen LogP contribution in [0.5, 0.6) is 17.2 Å². The second-order valence-corrected chi connectivity index (χ2v) is 21.9. The maximum atomic E-state index is 14.6. The van der Waals surface area contributed by atoms with Gasteiger partial charge in [0.25, 0.3) is 11.7 Å². The summed E-state index contributed by atoms with van der Waals surface area (Å²) in [6, 6.07) is 2.33. The first-order valence-corrected chi connectivity index (χ1v) is 27.1. The van der Waals surface area contributed by atoms with Crippen LogP contribution in [0.1, 0.15) is 137 Å². The number of aliphatic hydroxyl groups is 3. The highest BCUT2D eigenvalue weighted by Crippen LogP contribution is 2.47. The van der Waals surface area contributed by atoms with Gasteiger partial charge in [0.1, 0.15) is 47.4 Å². The van der Waals surface area contributed by atoms with E-state index in [1.54, 1.807) is 67.4 Å². The lowest BCUT2D eigenvalue weighted by Crippen LogP contribution is -2.60. The van der Waals surface area contributed by atoms with E-state index in [4.69, 9.17) is 33.2 Å². The van der Waals surface area contributed by atoms with Gasteiger partial charge in [0.2, 0.25) is 5.79 Å². The van der Waals surface area contributed by atoms with E-state index in [0.29, 0.717) is 86.2 Å². The van der Waals surface area contributed by atoms with Crippen LogP contribution < -0.4 is 14.2 Å². The maximum absolute atomic E-state index is 14.6. The molecular formula is C59H87NO15. The van der Waals surface area contributed by atoms with E-state index in [9.17, 15) is 39.3 Å². The average Bonchev–Trinajstić information content (AvgIpc) is 3.40. The van der Waals surface area contributed by atoms with Gasteiger partial charge >= 0.3 is 5.97 Å². The summed E-state index contributed by atoms with van der Waals surface area (Å²) in [5.41, 5.74) is 1.93. The molecule has 1 aromatic rings. The van der Waals surface area contributed by atoms with Crippen LogP contribution in [-0.4, -0.2) is 140 Å². The Kier molecular flexibility index (Phi) is 22.9. The molecule has 16 nitrogen and oxygen atoms in total. The van der Waals surface area contributed by atoms with Gasteiger partial charge in [-0.1, -0.05) is 76.6 Å². The highest BCUT2D eigenvalue weighted by Gasteiger charge is 2.53. The van der Waals surface area contributed by atoms with Gasteiger partial charge in [0.05, 0.1) is 39.6 Å². The van der Waals surface area contributed by atoms with Crippen molar-refractivity contribution in [2.75, 3.05) is 42.1 Å². The third-order valence-corrected chi connectivity index (χ3v) is 16.4. The largest absolute Gasteiger partial charge is 0.496 e. The van der Waals surface area contributed by atoms with Crippen LogP contribution in [0, 0.1) is 35.5 Å². The number of piperidine rings is 1. The lowest BCUT2D eigenvalue weighted by atomic mass is 9.78. The molecule has 5 rings (SSSR count). The fourth-order valence-corrected chi connectivity index (χ4v) is 11.6. The zero-order valence-electron chi connectivity index (χ0n) is 46.6. The Morgan fingerprint density at radius 1 is 0.800 bits per heavy atom. The molecule has 15 atom stereocenters. The smallest absolute Gasteiger partial charge is 0.329 e. The van der Waals surface area contributed by atoms with Gasteiger partial charge in [-0.2, -0.15) is 0 Å². The number of esters is 1. The van der Waals surface area contributed by atoms with Gasteiger partial charge in [0.15, 0.2) is 5.78 Å². The lowest BCUT2D eigenvalue weighted by molar-refractivity contribution is -0.264. The molecule has 2 bridgehead atoms. The van der Waals surface area contributed by atoms with Crippen LogP contribution in [0.3, 0.4) is 0 Å². The highest BCUT2D eigenvalue weighted by atomic mass is 16.6. The predicted octanol–water partition coefficient (Wildman–Crippen LogP) is 7.98. The molecule has 0 spiro atoms. The molecular weight excluding hydrogens is 963 g/mol. The summed E-state index contributed by atoms with van der Waals surface area (Å²) in [4.78, 5) is 73.2. The fraction of sp³-hybridized carbons (Fsp3) is 0.678. The summed E-state index contributed by atoms with van der Waals surface area (Å²) in [5.74, 6) is -7.38. The number of fused-ring (bicyclic) bond motifs is 3. The number of hydrogen-bond donors (Lipinski definition) is 3. The molecule has 75 heavy (non-hydrogen) atoms. The molecule has 0 aromatic heterocycles. The Morgan fingerprint density at radius 3 is 2.13 bits per heavy atom. The summed E-state index contributed by atoms with van der Waals surface area (Å²) in [5, 5.41) is 34.5. The molecule has 16 heteroatoms. The Balaban J connectivity index is 1.56. The SMILES string of the molecule is COc1cc(OC)c([C@@H]2C[C@@H]3CC[C@@H](C)[C@@](O)(O3)C(=O)C(=O)N3CCCC[C@H]3C(=O)O[C@H]([C@H](C)C[C@H]3CC[C@@H](O)[C@H](OC)C3)CC(=O)[C@H](C)/C=C(\C)[C@@H](O)[C@@H](OC)C(=O)[C@H](C)C[C@H](C)/C=C/C=C/C=C/2C)c(OC)c1. The number of nitrogens with zero attached hydrogens (tertiary/aromatic N) is 1. The van der Waals surface area contributed by atoms with Gasteiger partial charge in [-0.25, -0.2) is 4.79 Å². The first-order chi connectivity index (χ1) is 35.6. The number of hydrogen-bond acceptors (Lipinski definition) is 15. The molecule has 1 saturated carbocycles. The molecule has 4 aliphatic rings. The Labute approximate surface area is 445 Å². The summed E-state index contributed by atoms with van der Waals surface area (Å²) in [6.45, 7) is 12.7. The standard InChI is InChI=1S/C59H87NO15/c1-34-18-14-13-15-19-35(2)44(52-50(71-10)31-43(69-8)32-51(52)72-11)30-42-23-21-40(7)59(68,75-42)56(65)57(66)60-25-17-16-20-45(60)58(67)74-48(37(4)28-41-22-24-46(61)49(29-41)70-9)33-47(62)36(3)27-39(6)54(64)55(73-12)53(63)38(5)26-34/h13-15,18-19,27,31-32,34,36-38,40-42,44-46,48-49,54-55,61,64,68H,16-17,20-26,28-30,33H2,1-12H3/b15-13+,18-14+,35-19+,39-27+/t34-,36-,37-,38-,40-,41-,42+,44-,45+,46-,48+,49-,54-,55+,59-/m1/s1. The summed E-state index contributed by atoms with van der Waals surface area (Å²) < 4.78 is 41.4. The Bertz CT molecular complexity index is 2230. The number of aliphatic hydroxyl groups excluding tert-OH is 2. The van der Waals surface area contributed by atoms with E-state index < -0.39 is 83.7 Å². The maximum Gasteiger partial charge on any atom is 0.329 e. The van der Waals surface area contributed by atoms with Crippen LogP contribution in [0.2, 0.25) is 0 Å². The number of methoxy groups -OCH3 is 5. The molecule has 1 aromatic carbocycles. The van der Waals surface area contributed by atoms with Gasteiger partial charge in [-0.15, -0.1) is 0 Å². The zero-order valence-corrected chi connectivity index (χ0v) is 46.6. The molecule has 1 aliphatic carbocycles. The minimum absolute atomic E-state index is 0.0327. The summed E-state index contributed by atoms with van der Waals surface area (Å²) in [7, 11) is 7.58. The van der Waals surface area contributed by atoms with E-state index in [0.717, 1.165) is 5.57 Å². The van der Waals surface area contributed by atoms with Crippen LogP contribution >= 0.6 is 0 Å². The number of cyclic esters (lactones) is 1. The van der Waals surface area contributed by atoms with Crippen molar-refractivity contribution in [1.29, 1.82) is 0 Å². The van der Waals surface area contributed by atoms with Crippen molar-refractivity contribution in [3.63, 3.8) is 0 Å². The van der Waals surface area contributed by atoms with Crippen molar-refractivity contribution in [3.05, 3.63) is 65.3 Å². The average molecular weight is 1050 g/mol. The fourth-order valence-electron chi connectivity index (χ4n) is 11.6. The molecule has 3 heterocycles. The van der Waals surface area contributed by atoms with Crippen molar-refractivity contribution >= 4 is 29.2 Å². The number of Topliss-reactive ketones (excluding diaryl/α,β-unsaturated/α-hetero) is 3. The van der Waals surface area contributed by atoms with Crippen molar-refractivity contribution in [1.82, 2.24) is 4.90 Å². The lowest BCUT2D eigenvalue weighted by Gasteiger charge is -2.43. The first kappa shape index (κ1) is 61.1. The van der Waals surface area contributed by atoms with Crippen LogP contribution in [0.25, 0.3) is 0 Å². The van der Waals surface area contributed by atoms with Gasteiger partial charge in [0, 0.05) is 68.6 Å². The quantitative estimate of drug-likeness (QED) is 0.122. The van der Waals surface area contributed by atoms with E-state index in [-0.39, 0.29) is 61.2 Å². The van der Waals surface area contributed by atoms with Crippen LogP contribution in [-0.2, 0) is 42.9 Å². The molecule has 3 aliphatic heterocycles. The van der Waals surface area contributed by atoms with Gasteiger partial charge in [-0.05, 0) is 108 Å². The van der Waals surface area contributed by atoms with Crippen LogP contribution in [0.15, 0.2) is 59.7 Å². The third-order valence-electron chi connectivity index (χ3n) is 16.4. The Morgan fingerprint density at radius 2 is 1.49 bits per heavy atom. The van der Waals surface area contributed by atoms with Crippen LogP contribution in [0.4, 0.5) is 0 Å². The number of ether oxygens (including phenoxy) is 7. The molecule has 3 fully saturated rings. The molecule has 3 N–H and O–H groups in total. The molecule has 0 radical (unpaired) electrons. The number of benzene rings is 1. The Hall–Kier alpha value is -4.71. The first-order valence-electron chi connectivity index (χ1n) is 27.1. The van der Waals surface area contributed by atoms with Crippen molar-refractivity contribution in [3.8, 4) is 17.2 Å². The number of allylic oxidation sites excluding steroid dienone is 7. The number of carbonyl (C=O) groups is 5. The zero-order chi connectivity index (χ0) is 55.3. The number of ketones is 3. The normalized spacial score (nSPS) is 36.4. The van der Waals surface area contributed by atoms with Crippen molar-refractivity contribution in [2.45, 2.75) is 180 Å². The second-order valence-electron chi connectivity index (χ2n) is 21.9. The molecule has 2 saturated heterocycles. The van der Waals surface area contributed by atoms with E-state index in [1.807, 2.05) is 58.1 Å². The van der Waals surface area contributed by atoms with Gasteiger partial charge < -0.3 is 53.4 Å². The molecule has 1 amide bonds. The van der Waals surface area contributed by atoms with E-state index in [1.165, 1.54) is 12.0 Å². The number of amides is 1. The third kappa shape index (κ3) is 15.3. The second kappa shape index (κ2) is 28.1. The minimum Gasteiger partial charge on any atom is -0.496 e. The van der Waals surface area contributed by atoms with Gasteiger partial charge in [-0.3, -0.25) is 19.2 Å². The molecule has 418 valence electrons. The monoisotopic (exact) mass is 1050 g/mol. The number of carbonyl (C=O) groups excluding carboxylic acids is 5. The predicted molar refractivity (Wildman–Crippen MR) is 283 cm³/mol. The van der Waals surface area contributed by atoms with E-state index in [2.05, 4.69) is 0 Å². The number of rotatable bonds is 9. The highest BCUT2D eigenvalue weighted by molar-refractivity contribution is 6.39. The minimum atomic E-state index is -2.52. The summed E-state index contributed by atoms with van der Waals surface area (Å²) >= 11 is 0. The summed E-state index contributed by atoms with van der Waals surface area (Å²) in [6.07, 6.45) is 11.0.